The molecule has 3 aromatic rings. The van der Waals surface area contributed by atoms with Crippen molar-refractivity contribution in [3.63, 3.8) is 0 Å². The number of nitrogens with zero attached hydrogens (tertiary/aromatic N) is 3. The van der Waals surface area contributed by atoms with Gasteiger partial charge in [-0.1, -0.05) is 57.2 Å². The molecule has 0 atom stereocenters. The summed E-state index contributed by atoms with van der Waals surface area (Å²) in [6.07, 6.45) is 1.57. The van der Waals surface area contributed by atoms with E-state index in [0.29, 0.717) is 18.0 Å². The van der Waals surface area contributed by atoms with Crippen LogP contribution in [-0.4, -0.2) is 48.1 Å². The van der Waals surface area contributed by atoms with Gasteiger partial charge in [0.15, 0.2) is 0 Å². The van der Waals surface area contributed by atoms with Crippen molar-refractivity contribution in [2.24, 2.45) is 0 Å². The first-order valence-corrected chi connectivity index (χ1v) is 13.1. The Bertz CT molecular complexity index is 1190. The van der Waals surface area contributed by atoms with Crippen LogP contribution in [0, 0.1) is 0 Å². The highest BCUT2D eigenvalue weighted by Gasteiger charge is 2.24. The van der Waals surface area contributed by atoms with E-state index in [-0.39, 0.29) is 17.5 Å². The Morgan fingerprint density at radius 2 is 1.68 bits per heavy atom. The topological polar surface area (TPSA) is 54.9 Å². The van der Waals surface area contributed by atoms with Crippen LogP contribution in [-0.2, 0) is 23.3 Å². The molecular weight excluding hydrogens is 462 g/mol. The number of carbonyl (C=O) groups excluding carboxylic acids is 1. The molecule has 0 spiro atoms. The van der Waals surface area contributed by atoms with Crippen LogP contribution in [0.5, 0.6) is 5.75 Å². The average molecular weight is 502 g/mol. The molecule has 1 aliphatic rings. The van der Waals surface area contributed by atoms with Crippen molar-refractivity contribution < 1.29 is 14.3 Å². The molecule has 1 saturated heterocycles. The van der Waals surface area contributed by atoms with Crippen LogP contribution in [0.25, 0.3) is 0 Å². The highest BCUT2D eigenvalue weighted by atomic mass is 16.5. The first-order chi connectivity index (χ1) is 17.7. The van der Waals surface area contributed by atoms with E-state index in [1.165, 1.54) is 16.7 Å². The number of piperazine rings is 1. The van der Waals surface area contributed by atoms with E-state index in [2.05, 4.69) is 78.0 Å². The molecule has 1 fully saturated rings. The molecule has 0 radical (unpaired) electrons. The molecule has 0 aliphatic carbocycles. The van der Waals surface area contributed by atoms with Gasteiger partial charge in [-0.3, -0.25) is 4.90 Å². The van der Waals surface area contributed by atoms with E-state index >= 15 is 0 Å². The number of aromatic nitrogens is 1. The summed E-state index contributed by atoms with van der Waals surface area (Å²) in [6.45, 7) is 15.2. The smallest absolute Gasteiger partial charge is 0.342 e. The maximum atomic E-state index is 12.5. The maximum absolute atomic E-state index is 12.5. The normalized spacial score (nSPS) is 14.6. The van der Waals surface area contributed by atoms with E-state index < -0.39 is 0 Å². The second kappa shape index (κ2) is 11.8. The Morgan fingerprint density at radius 3 is 2.41 bits per heavy atom. The highest BCUT2D eigenvalue weighted by molar-refractivity contribution is 5.94. The Labute approximate surface area is 221 Å². The standard InChI is InChI=1S/C31H39N3O3/c1-23(2)37-30(35)28-13-8-14-32-29(28)34-17-15-33(16-18-34)21-24-9-7-12-27(20-24)36-22-25-10-6-11-26(19-25)31(3,4)5/h6-14,19-20,23H,15-18,21-22H2,1-5H3. The number of hydrogen-bond donors (Lipinski definition) is 0. The van der Waals surface area contributed by atoms with Gasteiger partial charge in [-0.05, 0) is 60.2 Å². The van der Waals surface area contributed by atoms with Crippen molar-refractivity contribution >= 4 is 11.8 Å². The quantitative estimate of drug-likeness (QED) is 0.361. The van der Waals surface area contributed by atoms with E-state index in [1.54, 1.807) is 18.3 Å². The number of carbonyl (C=O) groups is 1. The predicted molar refractivity (Wildman–Crippen MR) is 148 cm³/mol. The van der Waals surface area contributed by atoms with Gasteiger partial charge in [-0.15, -0.1) is 0 Å². The van der Waals surface area contributed by atoms with Crippen LogP contribution in [0.1, 0.15) is 61.7 Å². The molecule has 6 heteroatoms. The lowest BCUT2D eigenvalue weighted by molar-refractivity contribution is 0.0378. The van der Waals surface area contributed by atoms with Gasteiger partial charge in [-0.25, -0.2) is 9.78 Å². The van der Waals surface area contributed by atoms with Gasteiger partial charge in [-0.2, -0.15) is 0 Å². The van der Waals surface area contributed by atoms with Crippen LogP contribution in [0.4, 0.5) is 5.82 Å². The summed E-state index contributed by atoms with van der Waals surface area (Å²) < 4.78 is 11.6. The lowest BCUT2D eigenvalue weighted by Crippen LogP contribution is -2.46. The summed E-state index contributed by atoms with van der Waals surface area (Å²) in [5.41, 5.74) is 4.38. The first-order valence-electron chi connectivity index (χ1n) is 13.1. The molecule has 0 saturated carbocycles. The monoisotopic (exact) mass is 501 g/mol. The van der Waals surface area contributed by atoms with Gasteiger partial charge in [0.25, 0.3) is 0 Å². The Morgan fingerprint density at radius 1 is 0.946 bits per heavy atom. The minimum atomic E-state index is -0.317. The molecule has 0 unspecified atom stereocenters. The fourth-order valence-corrected chi connectivity index (χ4v) is 4.49. The highest BCUT2D eigenvalue weighted by Crippen LogP contribution is 2.25. The summed E-state index contributed by atoms with van der Waals surface area (Å²) in [7, 11) is 0. The number of esters is 1. The lowest BCUT2D eigenvalue weighted by atomic mass is 9.86. The summed E-state index contributed by atoms with van der Waals surface area (Å²) in [5.74, 6) is 1.28. The van der Waals surface area contributed by atoms with E-state index in [9.17, 15) is 4.79 Å². The Kier molecular flexibility index (Phi) is 8.49. The third-order valence-electron chi connectivity index (χ3n) is 6.52. The first kappa shape index (κ1) is 26.7. The molecule has 4 rings (SSSR count). The number of anilines is 1. The third kappa shape index (κ3) is 7.32. The summed E-state index contributed by atoms with van der Waals surface area (Å²) in [6, 6.07) is 20.6. The summed E-state index contributed by atoms with van der Waals surface area (Å²) >= 11 is 0. The maximum Gasteiger partial charge on any atom is 0.342 e. The second-order valence-corrected chi connectivity index (χ2v) is 11.0. The zero-order valence-corrected chi connectivity index (χ0v) is 22.7. The van der Waals surface area contributed by atoms with Crippen molar-refractivity contribution in [3.8, 4) is 5.75 Å². The van der Waals surface area contributed by atoms with Crippen LogP contribution in [0.3, 0.4) is 0 Å². The van der Waals surface area contributed by atoms with Crippen molar-refractivity contribution in [2.45, 2.75) is 59.3 Å². The van der Waals surface area contributed by atoms with Crippen LogP contribution >= 0.6 is 0 Å². The molecule has 0 N–H and O–H groups in total. The Hall–Kier alpha value is -3.38. The summed E-state index contributed by atoms with van der Waals surface area (Å²) in [5, 5.41) is 0. The SMILES string of the molecule is CC(C)OC(=O)c1cccnc1N1CCN(Cc2cccc(OCc3cccc(C(C)(C)C)c3)c2)CC1. The van der Waals surface area contributed by atoms with Gasteiger partial charge < -0.3 is 14.4 Å². The fourth-order valence-electron chi connectivity index (χ4n) is 4.49. The number of benzene rings is 2. The molecular formula is C31H39N3O3. The van der Waals surface area contributed by atoms with Crippen molar-refractivity contribution in [1.29, 1.82) is 0 Å². The predicted octanol–water partition coefficient (Wildman–Crippen LogP) is 5.85. The van der Waals surface area contributed by atoms with Gasteiger partial charge in [0.1, 0.15) is 23.7 Å². The largest absolute Gasteiger partial charge is 0.489 e. The van der Waals surface area contributed by atoms with Gasteiger partial charge in [0.05, 0.1) is 6.10 Å². The molecule has 1 aliphatic heterocycles. The van der Waals surface area contributed by atoms with Gasteiger partial charge >= 0.3 is 5.97 Å². The lowest BCUT2D eigenvalue weighted by Gasteiger charge is -2.36. The van der Waals surface area contributed by atoms with Crippen molar-refractivity contribution in [1.82, 2.24) is 9.88 Å². The third-order valence-corrected chi connectivity index (χ3v) is 6.52. The number of pyridine rings is 1. The molecule has 0 amide bonds. The molecule has 37 heavy (non-hydrogen) atoms. The van der Waals surface area contributed by atoms with E-state index in [4.69, 9.17) is 9.47 Å². The average Bonchev–Trinajstić information content (AvgIpc) is 2.87. The van der Waals surface area contributed by atoms with Gasteiger partial charge in [0.2, 0.25) is 0 Å². The minimum Gasteiger partial charge on any atom is -0.489 e. The molecule has 0 bridgehead atoms. The molecule has 6 nitrogen and oxygen atoms in total. The van der Waals surface area contributed by atoms with Crippen molar-refractivity contribution in [3.05, 3.63) is 89.1 Å². The Balaban J connectivity index is 1.33. The van der Waals surface area contributed by atoms with Gasteiger partial charge in [0, 0.05) is 38.9 Å². The molecule has 196 valence electrons. The second-order valence-electron chi connectivity index (χ2n) is 11.0. The zero-order valence-electron chi connectivity index (χ0n) is 22.7. The molecule has 2 aromatic carbocycles. The molecule has 1 aromatic heterocycles. The van der Waals surface area contributed by atoms with Crippen LogP contribution in [0.2, 0.25) is 0 Å². The van der Waals surface area contributed by atoms with E-state index in [0.717, 1.165) is 38.5 Å². The van der Waals surface area contributed by atoms with Crippen molar-refractivity contribution in [2.75, 3.05) is 31.1 Å². The number of ether oxygens (including phenoxy) is 2. The van der Waals surface area contributed by atoms with Crippen LogP contribution < -0.4 is 9.64 Å². The minimum absolute atomic E-state index is 0.121. The zero-order chi connectivity index (χ0) is 26.4. The number of rotatable bonds is 8. The number of hydrogen-bond acceptors (Lipinski definition) is 6. The molecule has 2 heterocycles. The van der Waals surface area contributed by atoms with Crippen LogP contribution in [0.15, 0.2) is 66.9 Å². The summed E-state index contributed by atoms with van der Waals surface area (Å²) in [4.78, 5) is 21.7. The van der Waals surface area contributed by atoms with E-state index in [1.807, 2.05) is 19.9 Å². The fraction of sp³-hybridized carbons (Fsp3) is 0.419.